The Morgan fingerprint density at radius 2 is 1.91 bits per heavy atom. The average molecular weight is 318 g/mol. The lowest BCUT2D eigenvalue weighted by atomic mass is 10.2. The lowest BCUT2D eigenvalue weighted by molar-refractivity contribution is -0.114. The standard InChI is InChI=1S/C17H19FN2O3/c1-11-4-5-12(8-14(11)18)19-10-17(21)20-15-7-6-13(22-2)9-16(15)23-3/h4-9,19H,10H2,1-3H3,(H,20,21). The van der Waals surface area contributed by atoms with E-state index < -0.39 is 0 Å². The van der Waals surface area contributed by atoms with Crippen molar-refractivity contribution in [1.82, 2.24) is 0 Å². The van der Waals surface area contributed by atoms with Crippen molar-refractivity contribution in [3.05, 3.63) is 47.8 Å². The summed E-state index contributed by atoms with van der Waals surface area (Å²) in [6.45, 7) is 1.69. The quantitative estimate of drug-likeness (QED) is 0.859. The molecule has 2 N–H and O–H groups in total. The molecule has 0 radical (unpaired) electrons. The number of hydrogen-bond donors (Lipinski definition) is 2. The van der Waals surface area contributed by atoms with Crippen molar-refractivity contribution in [2.24, 2.45) is 0 Å². The molecule has 0 fully saturated rings. The minimum Gasteiger partial charge on any atom is -0.497 e. The van der Waals surface area contributed by atoms with Gasteiger partial charge >= 0.3 is 0 Å². The summed E-state index contributed by atoms with van der Waals surface area (Å²) in [5, 5.41) is 5.61. The number of rotatable bonds is 6. The molecule has 1 amide bonds. The molecule has 5 nitrogen and oxygen atoms in total. The molecule has 2 rings (SSSR count). The van der Waals surface area contributed by atoms with Crippen molar-refractivity contribution < 1.29 is 18.7 Å². The Morgan fingerprint density at radius 1 is 1.13 bits per heavy atom. The number of amides is 1. The minimum atomic E-state index is -0.313. The van der Waals surface area contributed by atoms with Gasteiger partial charge in [0, 0.05) is 11.8 Å². The molecule has 2 aromatic rings. The van der Waals surface area contributed by atoms with E-state index in [-0.39, 0.29) is 18.3 Å². The second-order valence-electron chi connectivity index (χ2n) is 4.93. The van der Waals surface area contributed by atoms with Crippen LogP contribution in [0, 0.1) is 12.7 Å². The predicted molar refractivity (Wildman–Crippen MR) is 87.8 cm³/mol. The second-order valence-corrected chi connectivity index (χ2v) is 4.93. The van der Waals surface area contributed by atoms with Gasteiger partial charge in [0.05, 0.1) is 26.5 Å². The summed E-state index contributed by atoms with van der Waals surface area (Å²) >= 11 is 0. The molecule has 0 aliphatic carbocycles. The first kappa shape index (κ1) is 16.6. The van der Waals surface area contributed by atoms with E-state index in [4.69, 9.17) is 9.47 Å². The SMILES string of the molecule is COc1ccc(NC(=O)CNc2ccc(C)c(F)c2)c(OC)c1. The van der Waals surface area contributed by atoms with Crippen LogP contribution >= 0.6 is 0 Å². The predicted octanol–water partition coefficient (Wildman–Crippen LogP) is 3.20. The summed E-state index contributed by atoms with van der Waals surface area (Å²) in [5.41, 5.74) is 1.64. The Labute approximate surface area is 134 Å². The third-order valence-corrected chi connectivity index (χ3v) is 3.31. The summed E-state index contributed by atoms with van der Waals surface area (Å²) in [7, 11) is 3.06. The molecular formula is C17H19FN2O3. The molecule has 122 valence electrons. The number of aryl methyl sites for hydroxylation is 1. The van der Waals surface area contributed by atoms with Crippen molar-refractivity contribution in [3.63, 3.8) is 0 Å². The molecule has 0 unspecified atom stereocenters. The number of ether oxygens (including phenoxy) is 2. The Hall–Kier alpha value is -2.76. The van der Waals surface area contributed by atoms with E-state index in [2.05, 4.69) is 10.6 Å². The van der Waals surface area contributed by atoms with Crippen LogP contribution in [0.1, 0.15) is 5.56 Å². The first-order chi connectivity index (χ1) is 11.0. The van der Waals surface area contributed by atoms with Gasteiger partial charge in [0.25, 0.3) is 0 Å². The average Bonchev–Trinajstić information content (AvgIpc) is 2.56. The van der Waals surface area contributed by atoms with Crippen LogP contribution in [0.5, 0.6) is 11.5 Å². The van der Waals surface area contributed by atoms with Crippen LogP contribution in [0.25, 0.3) is 0 Å². The fraction of sp³-hybridized carbons (Fsp3) is 0.235. The molecule has 0 atom stereocenters. The maximum absolute atomic E-state index is 13.5. The number of benzene rings is 2. The molecule has 0 saturated carbocycles. The van der Waals surface area contributed by atoms with Crippen molar-refractivity contribution in [2.45, 2.75) is 6.92 Å². The Morgan fingerprint density at radius 3 is 2.57 bits per heavy atom. The Balaban J connectivity index is 1.98. The summed E-state index contributed by atoms with van der Waals surface area (Å²) in [6, 6.07) is 9.83. The smallest absolute Gasteiger partial charge is 0.243 e. The van der Waals surface area contributed by atoms with Gasteiger partial charge in [0.15, 0.2) is 0 Å². The van der Waals surface area contributed by atoms with Crippen LogP contribution in [-0.2, 0) is 4.79 Å². The summed E-state index contributed by atoms with van der Waals surface area (Å²) in [5.74, 6) is 0.550. The van der Waals surface area contributed by atoms with E-state index in [0.717, 1.165) is 0 Å². The number of carbonyl (C=O) groups excluding carboxylic acids is 1. The summed E-state index contributed by atoms with van der Waals surface area (Å²) < 4.78 is 23.8. The largest absolute Gasteiger partial charge is 0.497 e. The molecule has 0 spiro atoms. The van der Waals surface area contributed by atoms with Gasteiger partial charge in [-0.05, 0) is 36.8 Å². The maximum atomic E-state index is 13.5. The van der Waals surface area contributed by atoms with Crippen molar-refractivity contribution in [3.8, 4) is 11.5 Å². The Kier molecular flexibility index (Phi) is 5.41. The second kappa shape index (κ2) is 7.49. The van der Waals surface area contributed by atoms with E-state index in [0.29, 0.717) is 28.4 Å². The van der Waals surface area contributed by atoms with E-state index in [1.165, 1.54) is 13.2 Å². The van der Waals surface area contributed by atoms with Gasteiger partial charge in [-0.25, -0.2) is 4.39 Å². The highest BCUT2D eigenvalue weighted by atomic mass is 19.1. The maximum Gasteiger partial charge on any atom is 0.243 e. The minimum absolute atomic E-state index is 0.0116. The van der Waals surface area contributed by atoms with Gasteiger partial charge in [0.2, 0.25) is 5.91 Å². The zero-order valence-electron chi connectivity index (χ0n) is 13.3. The summed E-state index contributed by atoms with van der Waals surface area (Å²) in [4.78, 5) is 12.0. The zero-order chi connectivity index (χ0) is 16.8. The van der Waals surface area contributed by atoms with E-state index in [1.807, 2.05) is 0 Å². The number of methoxy groups -OCH3 is 2. The van der Waals surface area contributed by atoms with E-state index in [9.17, 15) is 9.18 Å². The molecular weight excluding hydrogens is 299 g/mol. The number of carbonyl (C=O) groups is 1. The number of hydrogen-bond acceptors (Lipinski definition) is 4. The van der Waals surface area contributed by atoms with Gasteiger partial charge in [-0.1, -0.05) is 6.07 Å². The number of anilines is 2. The molecule has 0 aliphatic heterocycles. The Bertz CT molecular complexity index is 704. The highest BCUT2D eigenvalue weighted by molar-refractivity contribution is 5.95. The number of nitrogens with one attached hydrogen (secondary N) is 2. The van der Waals surface area contributed by atoms with E-state index >= 15 is 0 Å². The normalized spacial score (nSPS) is 10.1. The monoisotopic (exact) mass is 318 g/mol. The van der Waals surface area contributed by atoms with Crippen molar-refractivity contribution >= 4 is 17.3 Å². The zero-order valence-corrected chi connectivity index (χ0v) is 13.3. The molecule has 23 heavy (non-hydrogen) atoms. The first-order valence-corrected chi connectivity index (χ1v) is 7.05. The molecule has 0 aliphatic rings. The van der Waals surface area contributed by atoms with Gasteiger partial charge in [-0.3, -0.25) is 4.79 Å². The molecule has 0 aromatic heterocycles. The lowest BCUT2D eigenvalue weighted by Gasteiger charge is -2.12. The van der Waals surface area contributed by atoms with E-state index in [1.54, 1.807) is 44.4 Å². The summed E-state index contributed by atoms with van der Waals surface area (Å²) in [6.07, 6.45) is 0. The fourth-order valence-electron chi connectivity index (χ4n) is 1.98. The lowest BCUT2D eigenvalue weighted by Crippen LogP contribution is -2.22. The molecule has 6 heteroatoms. The highest BCUT2D eigenvalue weighted by Gasteiger charge is 2.09. The third-order valence-electron chi connectivity index (χ3n) is 3.31. The third kappa shape index (κ3) is 4.35. The van der Waals surface area contributed by atoms with Crippen LogP contribution in [0.2, 0.25) is 0 Å². The van der Waals surface area contributed by atoms with Crippen LogP contribution in [0.15, 0.2) is 36.4 Å². The molecule has 0 heterocycles. The first-order valence-electron chi connectivity index (χ1n) is 7.05. The van der Waals surface area contributed by atoms with Crippen molar-refractivity contribution in [2.75, 3.05) is 31.4 Å². The van der Waals surface area contributed by atoms with Gasteiger partial charge in [0.1, 0.15) is 17.3 Å². The fourth-order valence-corrected chi connectivity index (χ4v) is 1.98. The topological polar surface area (TPSA) is 59.6 Å². The molecule has 0 bridgehead atoms. The van der Waals surface area contributed by atoms with Gasteiger partial charge in [-0.15, -0.1) is 0 Å². The van der Waals surface area contributed by atoms with Crippen LogP contribution in [0.4, 0.5) is 15.8 Å². The van der Waals surface area contributed by atoms with Gasteiger partial charge < -0.3 is 20.1 Å². The van der Waals surface area contributed by atoms with Gasteiger partial charge in [-0.2, -0.15) is 0 Å². The molecule has 2 aromatic carbocycles. The van der Waals surface area contributed by atoms with Crippen molar-refractivity contribution in [1.29, 1.82) is 0 Å². The number of halogens is 1. The van der Waals surface area contributed by atoms with Crippen LogP contribution in [0.3, 0.4) is 0 Å². The highest BCUT2D eigenvalue weighted by Crippen LogP contribution is 2.28. The van der Waals surface area contributed by atoms with Crippen LogP contribution in [-0.4, -0.2) is 26.7 Å². The van der Waals surface area contributed by atoms with Crippen LogP contribution < -0.4 is 20.1 Å². The molecule has 0 saturated heterocycles.